The number of aryl methyl sites for hydroxylation is 1. The molecule has 1 heterocycles. The summed E-state index contributed by atoms with van der Waals surface area (Å²) < 4.78 is 1.97. The maximum absolute atomic E-state index is 11.1. The molecule has 2 aromatic rings. The first-order chi connectivity index (χ1) is 9.72. The predicted octanol–water partition coefficient (Wildman–Crippen LogP) is 2.34. The zero-order valence-electron chi connectivity index (χ0n) is 11.2. The number of rotatable bonds is 7. The van der Waals surface area contributed by atoms with Crippen molar-refractivity contribution < 1.29 is 4.92 Å². The van der Waals surface area contributed by atoms with Gasteiger partial charge in [0, 0.05) is 32.5 Å². The molecule has 2 rings (SSSR count). The van der Waals surface area contributed by atoms with Crippen molar-refractivity contribution in [3.05, 3.63) is 47.0 Å². The van der Waals surface area contributed by atoms with Crippen molar-refractivity contribution in [1.29, 1.82) is 0 Å². The summed E-state index contributed by atoms with van der Waals surface area (Å²) >= 11 is 0. The molecule has 0 fully saturated rings. The molecule has 0 unspecified atom stereocenters. The van der Waals surface area contributed by atoms with Crippen molar-refractivity contribution in [3.63, 3.8) is 0 Å². The van der Waals surface area contributed by atoms with E-state index < -0.39 is 0 Å². The van der Waals surface area contributed by atoms with E-state index in [2.05, 4.69) is 15.6 Å². The Hall–Kier alpha value is -2.57. The van der Waals surface area contributed by atoms with Crippen LogP contribution in [0.3, 0.4) is 0 Å². The summed E-state index contributed by atoms with van der Waals surface area (Å²) in [7, 11) is 1.67. The molecule has 7 nitrogen and oxygen atoms in total. The molecule has 1 aromatic carbocycles. The summed E-state index contributed by atoms with van der Waals surface area (Å²) in [4.78, 5) is 14.7. The smallest absolute Gasteiger partial charge is 0.315 e. The van der Waals surface area contributed by atoms with Crippen LogP contribution in [0.4, 0.5) is 17.1 Å². The summed E-state index contributed by atoms with van der Waals surface area (Å²) in [6, 6.07) is 5.20. The molecule has 0 saturated carbocycles. The van der Waals surface area contributed by atoms with Gasteiger partial charge in [0.25, 0.3) is 0 Å². The highest BCUT2D eigenvalue weighted by Crippen LogP contribution is 2.32. The number of para-hydroxylation sites is 1. The first-order valence-electron chi connectivity index (χ1n) is 6.37. The molecule has 0 saturated heterocycles. The molecular formula is C13H17N5O2. The normalized spacial score (nSPS) is 10.2. The van der Waals surface area contributed by atoms with E-state index >= 15 is 0 Å². The average Bonchev–Trinajstić information content (AvgIpc) is 2.96. The van der Waals surface area contributed by atoms with Crippen molar-refractivity contribution in [3.8, 4) is 0 Å². The Morgan fingerprint density at radius 2 is 2.20 bits per heavy atom. The first-order valence-corrected chi connectivity index (χ1v) is 6.37. The van der Waals surface area contributed by atoms with Gasteiger partial charge >= 0.3 is 5.69 Å². The van der Waals surface area contributed by atoms with E-state index in [4.69, 9.17) is 0 Å². The third-order valence-electron chi connectivity index (χ3n) is 2.96. The van der Waals surface area contributed by atoms with Crippen LogP contribution in [0.15, 0.2) is 36.9 Å². The van der Waals surface area contributed by atoms with E-state index in [-0.39, 0.29) is 10.6 Å². The van der Waals surface area contributed by atoms with Gasteiger partial charge < -0.3 is 15.2 Å². The summed E-state index contributed by atoms with van der Waals surface area (Å²) in [5.74, 6) is 0. The van der Waals surface area contributed by atoms with Crippen LogP contribution in [-0.4, -0.2) is 28.1 Å². The fourth-order valence-electron chi connectivity index (χ4n) is 1.99. The quantitative estimate of drug-likeness (QED) is 0.460. The van der Waals surface area contributed by atoms with Gasteiger partial charge in [-0.1, -0.05) is 6.07 Å². The van der Waals surface area contributed by atoms with E-state index in [0.29, 0.717) is 17.9 Å². The Morgan fingerprint density at radius 1 is 1.40 bits per heavy atom. The zero-order valence-corrected chi connectivity index (χ0v) is 11.2. The number of nitrogens with zero attached hydrogens (tertiary/aromatic N) is 3. The zero-order chi connectivity index (χ0) is 14.4. The van der Waals surface area contributed by atoms with Gasteiger partial charge in [-0.05, 0) is 18.6 Å². The van der Waals surface area contributed by atoms with Crippen LogP contribution in [0.2, 0.25) is 0 Å². The van der Waals surface area contributed by atoms with Gasteiger partial charge in [-0.25, -0.2) is 4.98 Å². The van der Waals surface area contributed by atoms with Gasteiger partial charge in [0.1, 0.15) is 11.4 Å². The molecule has 0 atom stereocenters. The SMILES string of the molecule is CNc1cccc(NCCCn2ccnc2)c1[N+](=O)[O-]. The topological polar surface area (TPSA) is 85.0 Å². The molecule has 2 N–H and O–H groups in total. The van der Waals surface area contributed by atoms with Gasteiger partial charge in [-0.2, -0.15) is 0 Å². The number of aromatic nitrogens is 2. The summed E-state index contributed by atoms with van der Waals surface area (Å²) in [5, 5.41) is 17.1. The third-order valence-corrected chi connectivity index (χ3v) is 2.96. The number of imidazole rings is 1. The summed E-state index contributed by atoms with van der Waals surface area (Å²) in [6.07, 6.45) is 6.24. The number of hydrogen-bond acceptors (Lipinski definition) is 5. The van der Waals surface area contributed by atoms with Crippen molar-refractivity contribution in [2.24, 2.45) is 0 Å². The highest BCUT2D eigenvalue weighted by molar-refractivity contribution is 5.75. The lowest BCUT2D eigenvalue weighted by Gasteiger charge is -2.10. The first kappa shape index (κ1) is 13.9. The minimum atomic E-state index is -0.371. The van der Waals surface area contributed by atoms with E-state index in [1.807, 2.05) is 10.8 Å². The second-order valence-electron chi connectivity index (χ2n) is 4.29. The molecule has 0 aliphatic heterocycles. The van der Waals surface area contributed by atoms with E-state index in [1.54, 1.807) is 37.8 Å². The largest absolute Gasteiger partial charge is 0.382 e. The van der Waals surface area contributed by atoms with Gasteiger partial charge in [0.2, 0.25) is 0 Å². The molecule has 0 spiro atoms. The van der Waals surface area contributed by atoms with Gasteiger partial charge in [-0.3, -0.25) is 10.1 Å². The molecule has 20 heavy (non-hydrogen) atoms. The molecular weight excluding hydrogens is 258 g/mol. The highest BCUT2D eigenvalue weighted by Gasteiger charge is 2.18. The van der Waals surface area contributed by atoms with Crippen LogP contribution in [0.1, 0.15) is 6.42 Å². The maximum Gasteiger partial charge on any atom is 0.315 e. The van der Waals surface area contributed by atoms with E-state index in [1.165, 1.54) is 0 Å². The molecule has 0 aliphatic carbocycles. The number of hydrogen-bond donors (Lipinski definition) is 2. The predicted molar refractivity (Wildman–Crippen MR) is 78.0 cm³/mol. The number of nitrogens with one attached hydrogen (secondary N) is 2. The summed E-state index contributed by atoms with van der Waals surface area (Å²) in [6.45, 7) is 1.48. The lowest BCUT2D eigenvalue weighted by Crippen LogP contribution is -2.08. The maximum atomic E-state index is 11.1. The lowest BCUT2D eigenvalue weighted by atomic mass is 10.2. The van der Waals surface area contributed by atoms with Crippen LogP contribution in [0, 0.1) is 10.1 Å². The second kappa shape index (κ2) is 6.55. The molecule has 0 bridgehead atoms. The Bertz CT molecular complexity index is 568. The Morgan fingerprint density at radius 3 is 2.85 bits per heavy atom. The molecule has 0 radical (unpaired) electrons. The van der Waals surface area contributed by atoms with Crippen molar-refractivity contribution in [1.82, 2.24) is 9.55 Å². The van der Waals surface area contributed by atoms with E-state index in [0.717, 1.165) is 13.0 Å². The molecule has 0 aliphatic rings. The van der Waals surface area contributed by atoms with Gasteiger partial charge in [-0.15, -0.1) is 0 Å². The molecule has 1 aromatic heterocycles. The van der Waals surface area contributed by atoms with Crippen LogP contribution in [0.5, 0.6) is 0 Å². The van der Waals surface area contributed by atoms with Gasteiger partial charge in [0.05, 0.1) is 11.3 Å². The van der Waals surface area contributed by atoms with Crippen molar-refractivity contribution >= 4 is 17.1 Å². The number of nitro benzene ring substituents is 1. The third kappa shape index (κ3) is 3.25. The molecule has 0 amide bonds. The van der Waals surface area contributed by atoms with Crippen LogP contribution < -0.4 is 10.6 Å². The van der Waals surface area contributed by atoms with Crippen molar-refractivity contribution in [2.45, 2.75) is 13.0 Å². The fourth-order valence-corrected chi connectivity index (χ4v) is 1.99. The fraction of sp³-hybridized carbons (Fsp3) is 0.308. The Balaban J connectivity index is 1.96. The minimum Gasteiger partial charge on any atom is -0.382 e. The van der Waals surface area contributed by atoms with Crippen LogP contribution >= 0.6 is 0 Å². The number of nitro groups is 1. The Labute approximate surface area is 116 Å². The van der Waals surface area contributed by atoms with Gasteiger partial charge in [0.15, 0.2) is 0 Å². The monoisotopic (exact) mass is 275 g/mol. The van der Waals surface area contributed by atoms with Crippen LogP contribution in [0.25, 0.3) is 0 Å². The Kier molecular flexibility index (Phi) is 4.54. The van der Waals surface area contributed by atoms with E-state index in [9.17, 15) is 10.1 Å². The standard InChI is InChI=1S/C13H17N5O2/c1-14-11-4-2-5-12(13(11)18(19)20)16-6-3-8-17-9-7-15-10-17/h2,4-5,7,9-10,14,16H,3,6,8H2,1H3. The molecule has 106 valence electrons. The minimum absolute atomic E-state index is 0.0811. The number of benzene rings is 1. The molecule has 7 heteroatoms. The second-order valence-corrected chi connectivity index (χ2v) is 4.29. The number of anilines is 2. The summed E-state index contributed by atoms with van der Waals surface area (Å²) in [5.41, 5.74) is 1.12. The van der Waals surface area contributed by atoms with Crippen LogP contribution in [-0.2, 0) is 6.54 Å². The average molecular weight is 275 g/mol. The van der Waals surface area contributed by atoms with Crippen molar-refractivity contribution in [2.75, 3.05) is 24.2 Å². The lowest BCUT2D eigenvalue weighted by molar-refractivity contribution is -0.383. The highest BCUT2D eigenvalue weighted by atomic mass is 16.6.